The zero-order valence-electron chi connectivity index (χ0n) is 16.5. The van der Waals surface area contributed by atoms with Gasteiger partial charge in [-0.1, -0.05) is 6.07 Å². The summed E-state index contributed by atoms with van der Waals surface area (Å²) in [5, 5.41) is 15.7. The number of hydrogen-bond donors (Lipinski definition) is 1. The highest BCUT2D eigenvalue weighted by Gasteiger charge is 2.68. The van der Waals surface area contributed by atoms with Gasteiger partial charge in [-0.25, -0.2) is 18.4 Å². The Labute approximate surface area is 166 Å². The average molecular weight is 407 g/mol. The SMILES string of the molecule is CCOC(=O)C(C)(C)C(=O)C1(C(O)(Cn2cncn2)c2ccc(F)cc2F)CC1. The van der Waals surface area contributed by atoms with Crippen molar-refractivity contribution in [2.45, 2.75) is 45.8 Å². The molecule has 29 heavy (non-hydrogen) atoms. The number of Topliss-reactive ketones (excluding diaryl/α,β-unsaturated/α-hetero) is 1. The molecule has 1 aromatic carbocycles. The van der Waals surface area contributed by atoms with Crippen LogP contribution in [0.3, 0.4) is 0 Å². The molecule has 0 bridgehead atoms. The molecule has 3 rings (SSSR count). The summed E-state index contributed by atoms with van der Waals surface area (Å²) in [4.78, 5) is 29.7. The summed E-state index contributed by atoms with van der Waals surface area (Å²) >= 11 is 0. The van der Waals surface area contributed by atoms with Crippen LogP contribution < -0.4 is 0 Å². The number of carbonyl (C=O) groups is 2. The largest absolute Gasteiger partial charge is 0.465 e. The molecule has 1 aromatic heterocycles. The summed E-state index contributed by atoms with van der Waals surface area (Å²) in [7, 11) is 0. The monoisotopic (exact) mass is 407 g/mol. The lowest BCUT2D eigenvalue weighted by molar-refractivity contribution is -0.165. The zero-order chi connectivity index (χ0) is 21.4. The van der Waals surface area contributed by atoms with Crippen LogP contribution in [0.4, 0.5) is 8.78 Å². The standard InChI is InChI=1S/C20H23F2N3O4/c1-4-29-17(27)18(2,3)16(26)19(7-8-19)20(28,10-25-12-23-11-24-25)14-6-5-13(21)9-15(14)22/h5-6,9,11-12,28H,4,7-8,10H2,1-3H3. The van der Waals surface area contributed by atoms with E-state index in [-0.39, 0.29) is 31.6 Å². The Balaban J connectivity index is 2.11. The number of hydrogen-bond acceptors (Lipinski definition) is 6. The summed E-state index contributed by atoms with van der Waals surface area (Å²) in [5.74, 6) is -3.08. The number of ether oxygens (including phenoxy) is 1. The fraction of sp³-hybridized carbons (Fsp3) is 0.500. The van der Waals surface area contributed by atoms with Gasteiger partial charge in [0.2, 0.25) is 0 Å². The highest BCUT2D eigenvalue weighted by atomic mass is 19.1. The minimum atomic E-state index is -2.07. The summed E-state index contributed by atoms with van der Waals surface area (Å²) in [6.45, 7) is 4.27. The van der Waals surface area contributed by atoms with Crippen LogP contribution in [-0.4, -0.2) is 38.2 Å². The van der Waals surface area contributed by atoms with Crippen molar-refractivity contribution in [3.63, 3.8) is 0 Å². The number of aliphatic hydroxyl groups is 1. The van der Waals surface area contributed by atoms with E-state index in [0.29, 0.717) is 6.07 Å². The Kier molecular flexibility index (Phi) is 5.29. The van der Waals surface area contributed by atoms with Crippen LogP contribution in [0.5, 0.6) is 0 Å². The maximum Gasteiger partial charge on any atom is 0.319 e. The number of halogens is 2. The van der Waals surface area contributed by atoms with Crippen LogP contribution in [0.2, 0.25) is 0 Å². The van der Waals surface area contributed by atoms with Crippen LogP contribution in [-0.2, 0) is 26.5 Å². The molecule has 9 heteroatoms. The van der Waals surface area contributed by atoms with Gasteiger partial charge in [-0.2, -0.15) is 5.10 Å². The summed E-state index contributed by atoms with van der Waals surface area (Å²) in [6.07, 6.45) is 3.03. The Bertz CT molecular complexity index is 926. The highest BCUT2D eigenvalue weighted by Crippen LogP contribution is 2.62. The van der Waals surface area contributed by atoms with Gasteiger partial charge in [-0.05, 0) is 39.7 Å². The van der Waals surface area contributed by atoms with E-state index in [1.165, 1.54) is 31.2 Å². The van der Waals surface area contributed by atoms with Crippen LogP contribution in [0.1, 0.15) is 39.2 Å². The molecule has 1 fully saturated rings. The first-order chi connectivity index (χ1) is 13.6. The van der Waals surface area contributed by atoms with Crippen molar-refractivity contribution in [1.29, 1.82) is 0 Å². The molecule has 1 aliphatic carbocycles. The number of aromatic nitrogens is 3. The third-order valence-electron chi connectivity index (χ3n) is 5.56. The third kappa shape index (κ3) is 3.43. The number of esters is 1. The fourth-order valence-corrected chi connectivity index (χ4v) is 3.82. The molecule has 156 valence electrons. The maximum atomic E-state index is 14.7. The highest BCUT2D eigenvalue weighted by molar-refractivity contribution is 6.07. The molecule has 1 N–H and O–H groups in total. The first kappa shape index (κ1) is 21.0. The number of ketones is 1. The Morgan fingerprint density at radius 3 is 2.52 bits per heavy atom. The summed E-state index contributed by atoms with van der Waals surface area (Å²) in [5.41, 5.74) is -5.31. The summed E-state index contributed by atoms with van der Waals surface area (Å²) in [6, 6.07) is 2.78. The van der Waals surface area contributed by atoms with E-state index in [4.69, 9.17) is 4.74 Å². The van der Waals surface area contributed by atoms with Gasteiger partial charge in [0, 0.05) is 11.6 Å². The molecule has 2 aromatic rings. The van der Waals surface area contributed by atoms with Gasteiger partial charge >= 0.3 is 5.97 Å². The van der Waals surface area contributed by atoms with Gasteiger partial charge in [0.15, 0.2) is 5.78 Å². The Hall–Kier alpha value is -2.68. The Morgan fingerprint density at radius 2 is 2.00 bits per heavy atom. The van der Waals surface area contributed by atoms with Crippen molar-refractivity contribution in [2.75, 3.05) is 6.61 Å². The topological polar surface area (TPSA) is 94.3 Å². The molecular weight excluding hydrogens is 384 g/mol. The van der Waals surface area contributed by atoms with Gasteiger partial charge in [-0.15, -0.1) is 0 Å². The molecule has 0 radical (unpaired) electrons. The quantitative estimate of drug-likeness (QED) is 0.533. The molecule has 0 spiro atoms. The minimum Gasteiger partial charge on any atom is -0.465 e. The maximum absolute atomic E-state index is 14.7. The zero-order valence-corrected chi connectivity index (χ0v) is 16.5. The Morgan fingerprint density at radius 1 is 1.31 bits per heavy atom. The second kappa shape index (κ2) is 7.29. The normalized spacial score (nSPS) is 17.4. The minimum absolute atomic E-state index is 0.0956. The molecule has 1 atom stereocenters. The smallest absolute Gasteiger partial charge is 0.319 e. The molecule has 1 unspecified atom stereocenters. The lowest BCUT2D eigenvalue weighted by atomic mass is 9.68. The van der Waals surface area contributed by atoms with E-state index in [0.717, 1.165) is 12.1 Å². The van der Waals surface area contributed by atoms with Crippen LogP contribution in [0.25, 0.3) is 0 Å². The second-order valence-corrected chi connectivity index (χ2v) is 7.83. The lowest BCUT2D eigenvalue weighted by Crippen LogP contribution is -2.52. The molecular formula is C20H23F2N3O4. The average Bonchev–Trinajstić information content (AvgIpc) is 3.33. The molecule has 0 aliphatic heterocycles. The van der Waals surface area contributed by atoms with Crippen molar-refractivity contribution in [3.05, 3.63) is 48.1 Å². The first-order valence-corrected chi connectivity index (χ1v) is 9.31. The fourth-order valence-electron chi connectivity index (χ4n) is 3.82. The number of benzene rings is 1. The second-order valence-electron chi connectivity index (χ2n) is 7.83. The van der Waals surface area contributed by atoms with E-state index >= 15 is 0 Å². The number of nitrogens with zero attached hydrogens (tertiary/aromatic N) is 3. The van der Waals surface area contributed by atoms with Crippen molar-refractivity contribution < 1.29 is 28.2 Å². The molecule has 7 nitrogen and oxygen atoms in total. The van der Waals surface area contributed by atoms with Crippen molar-refractivity contribution >= 4 is 11.8 Å². The van der Waals surface area contributed by atoms with Crippen molar-refractivity contribution in [1.82, 2.24) is 14.8 Å². The van der Waals surface area contributed by atoms with Crippen LogP contribution in [0, 0.1) is 22.5 Å². The molecule has 1 heterocycles. The molecule has 0 amide bonds. The van der Waals surface area contributed by atoms with E-state index in [2.05, 4.69) is 10.1 Å². The van der Waals surface area contributed by atoms with E-state index < -0.39 is 39.8 Å². The third-order valence-corrected chi connectivity index (χ3v) is 5.56. The molecule has 1 aliphatic rings. The van der Waals surface area contributed by atoms with Crippen molar-refractivity contribution in [3.8, 4) is 0 Å². The van der Waals surface area contributed by atoms with Gasteiger partial charge in [0.25, 0.3) is 0 Å². The van der Waals surface area contributed by atoms with Gasteiger partial charge < -0.3 is 9.84 Å². The van der Waals surface area contributed by atoms with Crippen molar-refractivity contribution in [2.24, 2.45) is 10.8 Å². The number of carbonyl (C=O) groups excluding carboxylic acids is 2. The number of rotatable bonds is 8. The predicted octanol–water partition coefficient (Wildman–Crippen LogP) is 2.38. The van der Waals surface area contributed by atoms with Crippen LogP contribution in [0.15, 0.2) is 30.9 Å². The summed E-state index contributed by atoms with van der Waals surface area (Å²) < 4.78 is 34.5. The lowest BCUT2D eigenvalue weighted by Gasteiger charge is -2.39. The van der Waals surface area contributed by atoms with Gasteiger partial charge in [0.1, 0.15) is 35.3 Å². The van der Waals surface area contributed by atoms with Gasteiger partial charge in [-0.3, -0.25) is 9.59 Å². The van der Waals surface area contributed by atoms with E-state index in [9.17, 15) is 23.5 Å². The molecule has 0 saturated heterocycles. The van der Waals surface area contributed by atoms with E-state index in [1.807, 2.05) is 0 Å². The predicted molar refractivity (Wildman–Crippen MR) is 97.4 cm³/mol. The molecule has 1 saturated carbocycles. The first-order valence-electron chi connectivity index (χ1n) is 9.31. The van der Waals surface area contributed by atoms with Crippen LogP contribution >= 0.6 is 0 Å². The van der Waals surface area contributed by atoms with E-state index in [1.54, 1.807) is 6.92 Å². The van der Waals surface area contributed by atoms with Gasteiger partial charge in [0.05, 0.1) is 18.6 Å².